The van der Waals surface area contributed by atoms with Gasteiger partial charge in [-0.2, -0.15) is 0 Å². The highest BCUT2D eigenvalue weighted by atomic mass is 32.2. The van der Waals surface area contributed by atoms with Crippen LogP contribution in [-0.4, -0.2) is 48.0 Å². The molecule has 0 unspecified atom stereocenters. The van der Waals surface area contributed by atoms with E-state index in [2.05, 4.69) is 85.7 Å². The van der Waals surface area contributed by atoms with Crippen LogP contribution in [0.1, 0.15) is 47.9 Å². The number of anilines is 1. The van der Waals surface area contributed by atoms with Gasteiger partial charge in [-0.05, 0) is 25.2 Å². The fourth-order valence-corrected chi connectivity index (χ4v) is 7.35. The fourth-order valence-electron chi connectivity index (χ4n) is 5.83. The summed E-state index contributed by atoms with van der Waals surface area (Å²) in [5, 5.41) is 2.13. The third-order valence-corrected chi connectivity index (χ3v) is 9.75. The lowest BCUT2D eigenvalue weighted by atomic mass is 9.90. The highest BCUT2D eigenvalue weighted by Gasteiger charge is 2.36. The fraction of sp³-hybridized carbons (Fsp3) is 0.400. The highest BCUT2D eigenvalue weighted by molar-refractivity contribution is 7.98. The van der Waals surface area contributed by atoms with Gasteiger partial charge in [0.25, 0.3) is 0 Å². The minimum atomic E-state index is -0.113. The number of piperazine rings is 1. The lowest BCUT2D eigenvalue weighted by Gasteiger charge is -2.38. The zero-order valence-electron chi connectivity index (χ0n) is 21.9. The van der Waals surface area contributed by atoms with Crippen molar-refractivity contribution in [3.63, 3.8) is 0 Å². The number of fused-ring (bicyclic) bond motifs is 3. The van der Waals surface area contributed by atoms with Gasteiger partial charge in [0.15, 0.2) is 5.16 Å². The summed E-state index contributed by atoms with van der Waals surface area (Å²) in [6, 6.07) is 22.3. The first kappa shape index (κ1) is 24.9. The normalized spacial score (nSPS) is 20.5. The third-order valence-electron chi connectivity index (χ3n) is 8.11. The minimum absolute atomic E-state index is 0.113. The largest absolute Gasteiger partial charge is 0.369 e. The standard InChI is InChI=1S/C30H34N4OS2/c1-4-30(2)19-23-24(20-35-30)37-28-25(23)27(31-29(32-28)36-3)34-17-15-33(16-18-34)26(21-11-7-5-8-12-21)22-13-9-6-10-14-22/h5-14,26H,4,15-20H2,1-3H3/p+1/t30-/m1/s1. The Bertz CT molecular complexity index is 1330. The Morgan fingerprint density at radius 3 is 2.27 bits per heavy atom. The number of nitrogens with one attached hydrogen (secondary N) is 1. The lowest BCUT2D eigenvalue weighted by Crippen LogP contribution is -3.15. The molecule has 1 fully saturated rings. The number of thiophene rings is 1. The third kappa shape index (κ3) is 4.78. The summed E-state index contributed by atoms with van der Waals surface area (Å²) in [7, 11) is 0. The Morgan fingerprint density at radius 2 is 1.68 bits per heavy atom. The van der Waals surface area contributed by atoms with E-state index in [1.54, 1.807) is 28.0 Å². The van der Waals surface area contributed by atoms with Crippen molar-refractivity contribution >= 4 is 39.1 Å². The molecule has 1 atom stereocenters. The molecule has 2 aromatic carbocycles. The molecule has 5 nitrogen and oxygen atoms in total. The molecule has 192 valence electrons. The number of hydrogen-bond donors (Lipinski definition) is 1. The van der Waals surface area contributed by atoms with E-state index in [1.807, 2.05) is 0 Å². The minimum Gasteiger partial charge on any atom is -0.369 e. The van der Waals surface area contributed by atoms with Gasteiger partial charge in [0.2, 0.25) is 0 Å². The van der Waals surface area contributed by atoms with Gasteiger partial charge in [0.1, 0.15) is 16.7 Å². The van der Waals surface area contributed by atoms with Crippen LogP contribution in [0.5, 0.6) is 0 Å². The maximum absolute atomic E-state index is 6.28. The van der Waals surface area contributed by atoms with Crippen molar-refractivity contribution in [1.82, 2.24) is 9.97 Å². The van der Waals surface area contributed by atoms with E-state index in [0.29, 0.717) is 12.6 Å². The second kappa shape index (κ2) is 10.4. The molecule has 2 aromatic heterocycles. The van der Waals surface area contributed by atoms with Crippen molar-refractivity contribution in [2.45, 2.75) is 50.1 Å². The van der Waals surface area contributed by atoms with Crippen molar-refractivity contribution in [3.05, 3.63) is 82.2 Å². The molecule has 0 amide bonds. The van der Waals surface area contributed by atoms with Crippen LogP contribution < -0.4 is 9.80 Å². The summed E-state index contributed by atoms with van der Waals surface area (Å²) in [4.78, 5) is 16.6. The monoisotopic (exact) mass is 531 g/mol. The van der Waals surface area contributed by atoms with Gasteiger partial charge in [-0.25, -0.2) is 9.97 Å². The molecule has 0 aliphatic carbocycles. The molecule has 4 heterocycles. The summed E-state index contributed by atoms with van der Waals surface area (Å²) in [6.45, 7) is 9.25. The maximum Gasteiger partial charge on any atom is 0.190 e. The zero-order chi connectivity index (χ0) is 25.4. The van der Waals surface area contributed by atoms with Gasteiger partial charge in [0.05, 0.1) is 43.8 Å². The van der Waals surface area contributed by atoms with Gasteiger partial charge in [-0.3, -0.25) is 0 Å². The predicted octanol–water partition coefficient (Wildman–Crippen LogP) is 5.15. The Labute approximate surface area is 227 Å². The van der Waals surface area contributed by atoms with Crippen molar-refractivity contribution in [2.24, 2.45) is 0 Å². The molecular formula is C30H35N4OS2+. The lowest BCUT2D eigenvalue weighted by molar-refractivity contribution is -0.926. The average Bonchev–Trinajstić information content (AvgIpc) is 3.31. The van der Waals surface area contributed by atoms with Crippen LogP contribution in [0.4, 0.5) is 5.82 Å². The van der Waals surface area contributed by atoms with Crippen molar-refractivity contribution in [2.75, 3.05) is 37.3 Å². The van der Waals surface area contributed by atoms with Crippen LogP contribution >= 0.6 is 23.1 Å². The van der Waals surface area contributed by atoms with E-state index in [9.17, 15) is 0 Å². The van der Waals surface area contributed by atoms with Gasteiger partial charge in [0, 0.05) is 22.4 Å². The first-order chi connectivity index (χ1) is 18.1. The number of aromatic nitrogens is 2. The Hall–Kier alpha value is -2.45. The van der Waals surface area contributed by atoms with E-state index in [-0.39, 0.29) is 5.60 Å². The van der Waals surface area contributed by atoms with Crippen LogP contribution in [-0.2, 0) is 17.8 Å². The first-order valence-electron chi connectivity index (χ1n) is 13.3. The molecular weight excluding hydrogens is 496 g/mol. The van der Waals surface area contributed by atoms with Crippen LogP contribution in [0.25, 0.3) is 10.2 Å². The highest BCUT2D eigenvalue weighted by Crippen LogP contribution is 2.43. The molecule has 1 saturated heterocycles. The molecule has 6 rings (SSSR count). The smallest absolute Gasteiger partial charge is 0.190 e. The zero-order valence-corrected chi connectivity index (χ0v) is 23.5. The molecule has 4 aromatic rings. The van der Waals surface area contributed by atoms with Crippen LogP contribution in [0.2, 0.25) is 0 Å². The van der Waals surface area contributed by atoms with E-state index >= 15 is 0 Å². The van der Waals surface area contributed by atoms with Crippen molar-refractivity contribution in [3.8, 4) is 0 Å². The number of nitrogens with zero attached hydrogens (tertiary/aromatic N) is 3. The molecule has 1 N–H and O–H groups in total. The van der Waals surface area contributed by atoms with E-state index in [0.717, 1.165) is 54.8 Å². The van der Waals surface area contributed by atoms with Gasteiger partial charge in [-0.15, -0.1) is 11.3 Å². The number of hydrogen-bond acceptors (Lipinski definition) is 6. The van der Waals surface area contributed by atoms with E-state index in [1.165, 1.54) is 27.0 Å². The Kier molecular flexibility index (Phi) is 6.97. The van der Waals surface area contributed by atoms with Crippen LogP contribution in [0.3, 0.4) is 0 Å². The Morgan fingerprint density at radius 1 is 1.03 bits per heavy atom. The van der Waals surface area contributed by atoms with Gasteiger partial charge >= 0.3 is 0 Å². The maximum atomic E-state index is 6.28. The summed E-state index contributed by atoms with van der Waals surface area (Å²) >= 11 is 3.43. The number of benzene rings is 2. The summed E-state index contributed by atoms with van der Waals surface area (Å²) < 4.78 is 6.28. The summed E-state index contributed by atoms with van der Waals surface area (Å²) in [6.07, 6.45) is 4.01. The van der Waals surface area contributed by atoms with Crippen LogP contribution in [0, 0.1) is 0 Å². The molecule has 2 aliphatic rings. The molecule has 7 heteroatoms. The number of quaternary nitrogens is 1. The second-order valence-electron chi connectivity index (χ2n) is 10.4. The molecule has 2 aliphatic heterocycles. The molecule has 0 radical (unpaired) electrons. The number of thioether (sulfide) groups is 1. The van der Waals surface area contributed by atoms with Crippen molar-refractivity contribution in [1.29, 1.82) is 0 Å². The number of ether oxygens (including phenoxy) is 1. The predicted molar refractivity (Wildman–Crippen MR) is 154 cm³/mol. The second-order valence-corrected chi connectivity index (χ2v) is 12.2. The quantitative estimate of drug-likeness (QED) is 0.275. The molecule has 37 heavy (non-hydrogen) atoms. The topological polar surface area (TPSA) is 42.7 Å². The van der Waals surface area contributed by atoms with E-state index in [4.69, 9.17) is 14.7 Å². The average molecular weight is 532 g/mol. The first-order valence-corrected chi connectivity index (χ1v) is 15.3. The molecule has 0 spiro atoms. The molecule has 0 saturated carbocycles. The summed E-state index contributed by atoms with van der Waals surface area (Å²) in [5.74, 6) is 1.13. The van der Waals surface area contributed by atoms with Crippen LogP contribution in [0.15, 0.2) is 65.8 Å². The van der Waals surface area contributed by atoms with Crippen molar-refractivity contribution < 1.29 is 9.64 Å². The van der Waals surface area contributed by atoms with E-state index < -0.39 is 0 Å². The van der Waals surface area contributed by atoms with Gasteiger partial charge in [-0.1, -0.05) is 79.3 Å². The molecule has 0 bridgehead atoms. The van der Waals surface area contributed by atoms with Gasteiger partial charge < -0.3 is 14.5 Å². The summed E-state index contributed by atoms with van der Waals surface area (Å²) in [5.41, 5.74) is 4.08. The SMILES string of the molecule is CC[C@]1(C)Cc2c(sc3nc(SC)nc(N4CC[NH+](C(c5ccccc5)c5ccccc5)CC4)c23)CO1. The number of rotatable bonds is 6. The Balaban J connectivity index is 1.32.